The Morgan fingerprint density at radius 3 is 2.59 bits per heavy atom. The van der Waals surface area contributed by atoms with E-state index in [1.54, 1.807) is 11.8 Å². The van der Waals surface area contributed by atoms with Crippen molar-refractivity contribution < 1.29 is 13.2 Å². The quantitative estimate of drug-likeness (QED) is 0.569. The van der Waals surface area contributed by atoms with E-state index in [4.69, 9.17) is 5.73 Å². The summed E-state index contributed by atoms with van der Waals surface area (Å²) >= 11 is 1.55. The Labute approximate surface area is 107 Å². The summed E-state index contributed by atoms with van der Waals surface area (Å²) in [6.07, 6.45) is 4.13. The molecule has 1 aliphatic carbocycles. The Hall–Kier alpha value is -0.270. The van der Waals surface area contributed by atoms with E-state index in [1.807, 2.05) is 0 Å². The minimum absolute atomic E-state index is 0.189. The predicted octanol–water partition coefficient (Wildman–Crippen LogP) is -0.240. The lowest BCUT2D eigenvalue weighted by Gasteiger charge is -2.14. The van der Waals surface area contributed by atoms with Crippen LogP contribution < -0.4 is 11.1 Å². The van der Waals surface area contributed by atoms with Crippen LogP contribution in [0.2, 0.25) is 0 Å². The highest BCUT2D eigenvalue weighted by Gasteiger charge is 2.26. The van der Waals surface area contributed by atoms with Crippen LogP contribution >= 0.6 is 11.8 Å². The number of thioether (sulfide) groups is 1. The van der Waals surface area contributed by atoms with Crippen molar-refractivity contribution >= 4 is 27.5 Å². The number of carbonyl (C=O) groups is 1. The average Bonchev–Trinajstić information content (AvgIpc) is 2.97. The van der Waals surface area contributed by atoms with Crippen molar-refractivity contribution in [3.8, 4) is 0 Å². The number of amides is 1. The second kappa shape index (κ2) is 6.61. The topological polar surface area (TPSA) is 89.3 Å². The van der Waals surface area contributed by atoms with Crippen molar-refractivity contribution in [3.05, 3.63) is 0 Å². The number of hydrogen-bond acceptors (Lipinski definition) is 5. The molecule has 1 atom stereocenters. The summed E-state index contributed by atoms with van der Waals surface area (Å²) in [6, 6.07) is 0.182. The van der Waals surface area contributed by atoms with Gasteiger partial charge in [0.2, 0.25) is 5.91 Å². The molecule has 7 heteroatoms. The van der Waals surface area contributed by atoms with Gasteiger partial charge < -0.3 is 11.1 Å². The van der Waals surface area contributed by atoms with Gasteiger partial charge in [-0.15, -0.1) is 0 Å². The Bertz CT molecular complexity index is 353. The largest absolute Gasteiger partial charge is 0.368 e. The molecule has 0 radical (unpaired) electrons. The van der Waals surface area contributed by atoms with E-state index < -0.39 is 9.84 Å². The highest BCUT2D eigenvalue weighted by Crippen LogP contribution is 2.20. The molecular weight excluding hydrogens is 260 g/mol. The van der Waals surface area contributed by atoms with E-state index >= 15 is 0 Å². The molecule has 0 aliphatic heterocycles. The van der Waals surface area contributed by atoms with Crippen molar-refractivity contribution in [1.29, 1.82) is 0 Å². The van der Waals surface area contributed by atoms with Crippen LogP contribution in [0.3, 0.4) is 0 Å². The number of nitrogens with two attached hydrogens (primary N) is 1. The molecule has 0 aromatic carbocycles. The van der Waals surface area contributed by atoms with Crippen LogP contribution in [0.25, 0.3) is 0 Å². The highest BCUT2D eigenvalue weighted by atomic mass is 32.2. The lowest BCUT2D eigenvalue weighted by Crippen LogP contribution is -2.42. The second-order valence-corrected chi connectivity index (χ2v) is 7.91. The van der Waals surface area contributed by atoms with Crippen LogP contribution in [-0.4, -0.2) is 49.9 Å². The number of nitrogens with one attached hydrogen (secondary N) is 1. The molecule has 0 spiro atoms. The smallest absolute Gasteiger partial charge is 0.234 e. The van der Waals surface area contributed by atoms with E-state index in [1.165, 1.54) is 6.26 Å². The van der Waals surface area contributed by atoms with Crippen molar-refractivity contribution in [1.82, 2.24) is 5.32 Å². The maximum Gasteiger partial charge on any atom is 0.234 e. The maximum atomic E-state index is 11.1. The molecule has 17 heavy (non-hydrogen) atoms. The van der Waals surface area contributed by atoms with Gasteiger partial charge in [0.25, 0.3) is 0 Å². The van der Waals surface area contributed by atoms with E-state index in [2.05, 4.69) is 5.32 Å². The minimum atomic E-state index is -2.88. The molecule has 3 N–H and O–H groups in total. The van der Waals surface area contributed by atoms with Gasteiger partial charge in [0.15, 0.2) is 0 Å². The zero-order chi connectivity index (χ0) is 12.9. The minimum Gasteiger partial charge on any atom is -0.368 e. The Kier molecular flexibility index (Phi) is 5.75. The van der Waals surface area contributed by atoms with Gasteiger partial charge in [-0.25, -0.2) is 8.42 Å². The molecule has 0 saturated heterocycles. The number of rotatable bonds is 9. The monoisotopic (exact) mass is 280 g/mol. The first-order valence-corrected chi connectivity index (χ1v) is 8.91. The lowest BCUT2D eigenvalue weighted by molar-refractivity contribution is -0.120. The van der Waals surface area contributed by atoms with Gasteiger partial charge in [-0.05, 0) is 25.0 Å². The molecule has 1 unspecified atom stereocenters. The fourth-order valence-corrected chi connectivity index (χ4v) is 3.64. The van der Waals surface area contributed by atoms with Crippen LogP contribution in [0.4, 0.5) is 0 Å². The molecule has 0 heterocycles. The zero-order valence-corrected chi connectivity index (χ0v) is 11.6. The first kappa shape index (κ1) is 14.8. The van der Waals surface area contributed by atoms with Crippen molar-refractivity contribution in [2.45, 2.75) is 31.3 Å². The summed E-state index contributed by atoms with van der Waals surface area (Å²) in [4.78, 5) is 11.1. The Morgan fingerprint density at radius 2 is 2.12 bits per heavy atom. The molecule has 1 amide bonds. The van der Waals surface area contributed by atoms with Crippen LogP contribution in [0.1, 0.15) is 19.3 Å². The predicted molar refractivity (Wildman–Crippen MR) is 70.8 cm³/mol. The van der Waals surface area contributed by atoms with E-state index in [9.17, 15) is 13.2 Å². The van der Waals surface area contributed by atoms with E-state index in [-0.39, 0.29) is 17.7 Å². The maximum absolute atomic E-state index is 11.1. The fourth-order valence-electron chi connectivity index (χ4n) is 1.36. The van der Waals surface area contributed by atoms with Gasteiger partial charge in [0.1, 0.15) is 9.84 Å². The number of sulfone groups is 1. The summed E-state index contributed by atoms with van der Waals surface area (Å²) in [5, 5.41) is 3.19. The first-order valence-electron chi connectivity index (χ1n) is 5.69. The summed E-state index contributed by atoms with van der Waals surface area (Å²) in [7, 11) is -2.88. The first-order chi connectivity index (χ1) is 7.88. The number of carbonyl (C=O) groups excluding carboxylic acids is 1. The van der Waals surface area contributed by atoms with Crippen molar-refractivity contribution in [3.63, 3.8) is 0 Å². The van der Waals surface area contributed by atoms with Gasteiger partial charge in [-0.1, -0.05) is 0 Å². The molecule has 1 rings (SSSR count). The molecule has 100 valence electrons. The Morgan fingerprint density at radius 1 is 1.47 bits per heavy atom. The normalized spacial score (nSPS) is 17.9. The van der Waals surface area contributed by atoms with Crippen molar-refractivity contribution in [2.24, 2.45) is 5.73 Å². The molecular formula is C10H20N2O3S2. The average molecular weight is 280 g/mol. The van der Waals surface area contributed by atoms with Crippen LogP contribution in [-0.2, 0) is 14.6 Å². The third kappa shape index (κ3) is 7.62. The molecule has 0 aromatic rings. The summed E-state index contributed by atoms with van der Waals surface area (Å²) in [5.41, 5.74) is 5.29. The van der Waals surface area contributed by atoms with Crippen LogP contribution in [0.15, 0.2) is 0 Å². The van der Waals surface area contributed by atoms with Crippen LogP contribution in [0.5, 0.6) is 0 Å². The summed E-state index contributed by atoms with van der Waals surface area (Å²) in [5.74, 6) is 1.20. The van der Waals surface area contributed by atoms with Gasteiger partial charge in [-0.2, -0.15) is 11.8 Å². The van der Waals surface area contributed by atoms with Gasteiger partial charge in [-0.3, -0.25) is 4.79 Å². The third-order valence-corrected chi connectivity index (χ3v) is 4.73. The zero-order valence-electron chi connectivity index (χ0n) is 10.0. The molecule has 1 saturated carbocycles. The van der Waals surface area contributed by atoms with Crippen LogP contribution in [0, 0.1) is 0 Å². The third-order valence-electron chi connectivity index (χ3n) is 2.51. The standard InChI is InChI=1S/C10H20N2O3S2/c1-17(14,15)7-6-16-5-4-9(10(11)13)12-8-2-3-8/h8-9,12H,2-7H2,1H3,(H2,11,13). The molecule has 5 nitrogen and oxygen atoms in total. The molecule has 0 bridgehead atoms. The van der Waals surface area contributed by atoms with E-state index in [0.717, 1.165) is 18.6 Å². The second-order valence-electron chi connectivity index (χ2n) is 4.43. The number of hydrogen-bond donors (Lipinski definition) is 2. The van der Waals surface area contributed by atoms with Gasteiger partial charge in [0.05, 0.1) is 11.8 Å². The molecule has 1 aliphatic rings. The van der Waals surface area contributed by atoms with E-state index in [0.29, 0.717) is 18.2 Å². The Balaban J connectivity index is 2.11. The van der Waals surface area contributed by atoms with Crippen molar-refractivity contribution in [2.75, 3.05) is 23.5 Å². The highest BCUT2D eigenvalue weighted by molar-refractivity contribution is 8.00. The summed E-state index contributed by atoms with van der Waals surface area (Å²) in [6.45, 7) is 0. The molecule has 1 fully saturated rings. The van der Waals surface area contributed by atoms with Gasteiger partial charge in [0, 0.05) is 18.1 Å². The lowest BCUT2D eigenvalue weighted by atomic mass is 10.2. The SMILES string of the molecule is CS(=O)(=O)CCSCCC(NC1CC1)C(N)=O. The number of primary amides is 1. The van der Waals surface area contributed by atoms with Gasteiger partial charge >= 0.3 is 0 Å². The molecule has 0 aromatic heterocycles. The summed E-state index contributed by atoms with van der Waals surface area (Å²) < 4.78 is 21.8. The fraction of sp³-hybridized carbons (Fsp3) is 0.900.